The van der Waals surface area contributed by atoms with E-state index >= 15 is 0 Å². The van der Waals surface area contributed by atoms with Crippen LogP contribution in [0.1, 0.15) is 12.5 Å². The first kappa shape index (κ1) is 21.1. The first-order valence-corrected chi connectivity index (χ1v) is 9.83. The third kappa shape index (κ3) is 6.19. The second-order valence-corrected chi connectivity index (χ2v) is 7.39. The van der Waals surface area contributed by atoms with Crippen molar-refractivity contribution in [2.24, 2.45) is 0 Å². The highest BCUT2D eigenvalue weighted by molar-refractivity contribution is 8.00. The molecule has 0 radical (unpaired) electrons. The lowest BCUT2D eigenvalue weighted by atomic mass is 10.1. The number of nitrogens with one attached hydrogen (secondary N) is 1. The number of rotatable bonds is 8. The lowest BCUT2D eigenvalue weighted by Crippen LogP contribution is -2.47. The summed E-state index contributed by atoms with van der Waals surface area (Å²) in [4.78, 5) is 27.5. The first-order chi connectivity index (χ1) is 12.9. The smallest absolute Gasteiger partial charge is 0.242 e. The lowest BCUT2D eigenvalue weighted by Gasteiger charge is -2.28. The van der Waals surface area contributed by atoms with Gasteiger partial charge in [-0.3, -0.25) is 9.59 Å². The molecule has 0 saturated carbocycles. The van der Waals surface area contributed by atoms with E-state index < -0.39 is 6.04 Å². The van der Waals surface area contributed by atoms with Crippen LogP contribution in [0.5, 0.6) is 5.75 Å². The van der Waals surface area contributed by atoms with Crippen molar-refractivity contribution in [1.29, 1.82) is 0 Å². The molecule has 1 unspecified atom stereocenters. The number of amides is 2. The molecule has 1 N–H and O–H groups in total. The number of methoxy groups -OCH3 is 1. The average Bonchev–Trinajstić information content (AvgIpc) is 2.70. The van der Waals surface area contributed by atoms with E-state index in [1.165, 1.54) is 11.8 Å². The molecule has 144 valence electrons. The molecule has 0 aliphatic rings. The molecule has 0 heterocycles. The number of ether oxygens (including phenoxy) is 1. The van der Waals surface area contributed by atoms with E-state index in [1.54, 1.807) is 38.1 Å². The Morgan fingerprint density at radius 3 is 2.56 bits per heavy atom. The molecule has 27 heavy (non-hydrogen) atoms. The fraction of sp³-hybridized carbons (Fsp3) is 0.300. The van der Waals surface area contributed by atoms with E-state index in [9.17, 15) is 9.59 Å². The Morgan fingerprint density at radius 1 is 1.22 bits per heavy atom. The average molecular weight is 407 g/mol. The van der Waals surface area contributed by atoms with Crippen LogP contribution < -0.4 is 10.1 Å². The molecule has 2 aromatic rings. The van der Waals surface area contributed by atoms with Crippen molar-refractivity contribution in [3.05, 3.63) is 59.1 Å². The Balaban J connectivity index is 2.13. The minimum Gasteiger partial charge on any atom is -0.497 e. The van der Waals surface area contributed by atoms with Gasteiger partial charge in [-0.25, -0.2) is 0 Å². The van der Waals surface area contributed by atoms with Crippen molar-refractivity contribution >= 4 is 35.2 Å². The summed E-state index contributed by atoms with van der Waals surface area (Å²) in [6.45, 7) is 2.05. The summed E-state index contributed by atoms with van der Waals surface area (Å²) in [7, 11) is 3.16. The number of hydrogen-bond donors (Lipinski definition) is 1. The minimum absolute atomic E-state index is 0.117. The number of thioether (sulfide) groups is 1. The quantitative estimate of drug-likeness (QED) is 0.680. The lowest BCUT2D eigenvalue weighted by molar-refractivity contribution is -0.138. The topological polar surface area (TPSA) is 58.6 Å². The van der Waals surface area contributed by atoms with Crippen molar-refractivity contribution in [2.75, 3.05) is 19.9 Å². The predicted molar refractivity (Wildman–Crippen MR) is 109 cm³/mol. The Hall–Kier alpha value is -2.18. The maximum Gasteiger partial charge on any atom is 0.242 e. The molecule has 2 aromatic carbocycles. The van der Waals surface area contributed by atoms with Crippen molar-refractivity contribution in [3.8, 4) is 5.75 Å². The van der Waals surface area contributed by atoms with Gasteiger partial charge < -0.3 is 15.0 Å². The molecule has 0 bridgehead atoms. The molecule has 0 spiro atoms. The fourth-order valence-corrected chi connectivity index (χ4v) is 3.43. The van der Waals surface area contributed by atoms with Crippen LogP contribution in [0.25, 0.3) is 0 Å². The van der Waals surface area contributed by atoms with E-state index in [1.807, 2.05) is 36.4 Å². The summed E-state index contributed by atoms with van der Waals surface area (Å²) in [5.41, 5.74) is 0.898. The first-order valence-electron chi connectivity index (χ1n) is 8.47. The highest BCUT2D eigenvalue weighted by atomic mass is 35.5. The van der Waals surface area contributed by atoms with Gasteiger partial charge in [0, 0.05) is 23.5 Å². The van der Waals surface area contributed by atoms with Crippen molar-refractivity contribution in [1.82, 2.24) is 10.2 Å². The highest BCUT2D eigenvalue weighted by Gasteiger charge is 2.25. The summed E-state index contributed by atoms with van der Waals surface area (Å²) in [6.07, 6.45) is 0. The molecule has 0 saturated heterocycles. The number of likely N-dealkylation sites (N-methyl/N-ethyl adjacent to an activating group) is 1. The number of carbonyl (C=O) groups is 2. The zero-order chi connectivity index (χ0) is 19.8. The van der Waals surface area contributed by atoms with E-state index in [4.69, 9.17) is 16.3 Å². The predicted octanol–water partition coefficient (Wildman–Crippen LogP) is 3.60. The molecule has 7 heteroatoms. The Morgan fingerprint density at radius 2 is 1.93 bits per heavy atom. The van der Waals surface area contributed by atoms with Gasteiger partial charge in [0.2, 0.25) is 11.8 Å². The molecule has 0 aliphatic heterocycles. The van der Waals surface area contributed by atoms with E-state index in [0.29, 0.717) is 17.3 Å². The Labute approximate surface area is 169 Å². The van der Waals surface area contributed by atoms with Crippen molar-refractivity contribution in [3.63, 3.8) is 0 Å². The molecule has 2 rings (SSSR count). The van der Waals surface area contributed by atoms with Crippen LogP contribution in [0, 0.1) is 0 Å². The van der Waals surface area contributed by atoms with Crippen molar-refractivity contribution in [2.45, 2.75) is 24.4 Å². The molecular weight excluding hydrogens is 384 g/mol. The maximum absolute atomic E-state index is 12.9. The largest absolute Gasteiger partial charge is 0.497 e. The second-order valence-electron chi connectivity index (χ2n) is 5.91. The molecule has 5 nitrogen and oxygen atoms in total. The van der Waals surface area contributed by atoms with Gasteiger partial charge in [-0.15, -0.1) is 11.8 Å². The Bertz CT molecular complexity index is 783. The summed E-state index contributed by atoms with van der Waals surface area (Å²) in [6, 6.07) is 14.2. The minimum atomic E-state index is -0.584. The fourth-order valence-electron chi connectivity index (χ4n) is 2.52. The molecule has 0 fully saturated rings. The summed E-state index contributed by atoms with van der Waals surface area (Å²) in [5.74, 6) is 0.618. The van der Waals surface area contributed by atoms with Gasteiger partial charge in [0.15, 0.2) is 0 Å². The van der Waals surface area contributed by atoms with Crippen molar-refractivity contribution < 1.29 is 14.3 Å². The molecule has 1 atom stereocenters. The number of halogens is 1. The number of nitrogens with zero attached hydrogens (tertiary/aromatic N) is 1. The number of carbonyl (C=O) groups excluding carboxylic acids is 2. The van der Waals surface area contributed by atoms with Gasteiger partial charge in [-0.1, -0.05) is 23.7 Å². The van der Waals surface area contributed by atoms with Gasteiger partial charge in [-0.2, -0.15) is 0 Å². The summed E-state index contributed by atoms with van der Waals surface area (Å²) >= 11 is 7.31. The van der Waals surface area contributed by atoms with Crippen LogP contribution in [0.2, 0.25) is 5.02 Å². The zero-order valence-corrected chi connectivity index (χ0v) is 17.1. The SMILES string of the molecule is CNC(=O)C(C)N(Cc1cccc(OC)c1)C(=O)CSc1ccc(Cl)cc1. The maximum atomic E-state index is 12.9. The molecule has 2 amide bonds. The second kappa shape index (κ2) is 10.2. The molecule has 0 aromatic heterocycles. The van der Waals surface area contributed by atoms with Gasteiger partial charge in [0.1, 0.15) is 11.8 Å². The van der Waals surface area contributed by atoms with Crippen LogP contribution >= 0.6 is 23.4 Å². The molecular formula is C20H23ClN2O3S. The van der Waals surface area contributed by atoms with Gasteiger partial charge in [0.25, 0.3) is 0 Å². The van der Waals surface area contributed by atoms with Crippen LogP contribution in [0.15, 0.2) is 53.4 Å². The highest BCUT2D eigenvalue weighted by Crippen LogP contribution is 2.22. The van der Waals surface area contributed by atoms with Gasteiger partial charge in [-0.05, 0) is 48.9 Å². The Kier molecular flexibility index (Phi) is 8.00. The third-order valence-electron chi connectivity index (χ3n) is 4.08. The van der Waals surface area contributed by atoms with Crippen LogP contribution in [0.4, 0.5) is 0 Å². The third-order valence-corrected chi connectivity index (χ3v) is 5.33. The number of benzene rings is 2. The monoisotopic (exact) mass is 406 g/mol. The van der Waals surface area contributed by atoms with Crippen LogP contribution in [0.3, 0.4) is 0 Å². The van der Waals surface area contributed by atoms with E-state index in [2.05, 4.69) is 5.32 Å². The normalized spacial score (nSPS) is 11.6. The zero-order valence-electron chi connectivity index (χ0n) is 15.6. The molecule has 0 aliphatic carbocycles. The summed E-state index contributed by atoms with van der Waals surface area (Å²) < 4.78 is 5.24. The van der Waals surface area contributed by atoms with E-state index in [0.717, 1.165) is 10.5 Å². The number of hydrogen-bond acceptors (Lipinski definition) is 4. The van der Waals surface area contributed by atoms with Crippen LogP contribution in [-0.4, -0.2) is 42.7 Å². The standard InChI is InChI=1S/C20H23ClN2O3S/c1-14(20(25)22-2)23(12-15-5-4-6-17(11-15)26-3)19(24)13-27-18-9-7-16(21)8-10-18/h4-11,14H,12-13H2,1-3H3,(H,22,25). The summed E-state index contributed by atoms with van der Waals surface area (Å²) in [5, 5.41) is 3.26. The van der Waals surface area contributed by atoms with E-state index in [-0.39, 0.29) is 17.6 Å². The van der Waals surface area contributed by atoms with Gasteiger partial charge >= 0.3 is 0 Å². The van der Waals surface area contributed by atoms with Gasteiger partial charge in [0.05, 0.1) is 12.9 Å². The van der Waals surface area contributed by atoms with Crippen LogP contribution in [-0.2, 0) is 16.1 Å².